The largest absolute Gasteiger partial charge is 0.393 e. The lowest BCUT2D eigenvalue weighted by atomic mass is 10.1. The van der Waals surface area contributed by atoms with Gasteiger partial charge in [0.2, 0.25) is 5.91 Å². The molecule has 2 atom stereocenters. The van der Waals surface area contributed by atoms with Gasteiger partial charge in [-0.1, -0.05) is 23.7 Å². The molecule has 2 N–H and O–H groups in total. The number of hydrogen-bond acceptors (Lipinski definition) is 2. The summed E-state index contributed by atoms with van der Waals surface area (Å²) in [6.45, 7) is 3.64. The van der Waals surface area contributed by atoms with Crippen LogP contribution >= 0.6 is 11.6 Å². The summed E-state index contributed by atoms with van der Waals surface area (Å²) in [7, 11) is 0. The number of halogens is 1. The monoisotopic (exact) mass is 269 g/mol. The lowest BCUT2D eigenvalue weighted by Crippen LogP contribution is -2.34. The van der Waals surface area contributed by atoms with Crippen LogP contribution in [0, 0.1) is 0 Å². The number of benzene rings is 1. The van der Waals surface area contributed by atoms with Gasteiger partial charge in [0.05, 0.1) is 6.10 Å². The Balaban J connectivity index is 2.37. The topological polar surface area (TPSA) is 49.3 Å². The van der Waals surface area contributed by atoms with Crippen molar-refractivity contribution in [1.29, 1.82) is 0 Å². The molecule has 0 saturated heterocycles. The summed E-state index contributed by atoms with van der Waals surface area (Å²) in [5.41, 5.74) is 1.10. The molecule has 0 saturated carbocycles. The van der Waals surface area contributed by atoms with Crippen molar-refractivity contribution in [3.8, 4) is 0 Å². The summed E-state index contributed by atoms with van der Waals surface area (Å²) in [6, 6.07) is 7.69. The molecule has 0 aromatic heterocycles. The molecule has 0 spiro atoms. The van der Waals surface area contributed by atoms with Gasteiger partial charge in [-0.15, -0.1) is 0 Å². The molecule has 3 nitrogen and oxygen atoms in total. The highest BCUT2D eigenvalue weighted by Gasteiger charge is 2.09. The van der Waals surface area contributed by atoms with E-state index in [-0.39, 0.29) is 11.9 Å². The van der Waals surface area contributed by atoms with Crippen LogP contribution in [-0.2, 0) is 11.2 Å². The first kappa shape index (κ1) is 15.0. The Morgan fingerprint density at radius 2 is 2.17 bits per heavy atom. The molecule has 0 heterocycles. The molecular formula is C14H20ClNO2. The van der Waals surface area contributed by atoms with Crippen LogP contribution in [0.2, 0.25) is 5.02 Å². The average Bonchev–Trinajstić information content (AvgIpc) is 2.26. The zero-order valence-electron chi connectivity index (χ0n) is 10.8. The number of aliphatic hydroxyl groups is 1. The molecule has 0 bridgehead atoms. The Morgan fingerprint density at radius 1 is 1.44 bits per heavy atom. The predicted octanol–water partition coefficient (Wildman–Crippen LogP) is 2.55. The highest BCUT2D eigenvalue weighted by molar-refractivity contribution is 6.30. The standard InChI is InChI=1S/C14H20ClNO2/c1-10(16-14(18)7-6-11(2)17)8-12-4-3-5-13(15)9-12/h3-5,9-11,17H,6-8H2,1-2H3,(H,16,18). The average molecular weight is 270 g/mol. The van der Waals surface area contributed by atoms with Crippen molar-refractivity contribution >= 4 is 17.5 Å². The van der Waals surface area contributed by atoms with Gasteiger partial charge in [0, 0.05) is 17.5 Å². The number of carbonyl (C=O) groups excluding carboxylic acids is 1. The van der Waals surface area contributed by atoms with E-state index in [0.717, 1.165) is 12.0 Å². The van der Waals surface area contributed by atoms with Crippen LogP contribution in [0.4, 0.5) is 0 Å². The molecular weight excluding hydrogens is 250 g/mol. The summed E-state index contributed by atoms with van der Waals surface area (Å²) < 4.78 is 0. The molecule has 0 fully saturated rings. The van der Waals surface area contributed by atoms with E-state index in [2.05, 4.69) is 5.32 Å². The van der Waals surface area contributed by atoms with E-state index in [1.807, 2.05) is 31.2 Å². The fourth-order valence-electron chi connectivity index (χ4n) is 1.76. The molecule has 0 aliphatic heterocycles. The Bertz CT molecular complexity index is 393. The fraction of sp³-hybridized carbons (Fsp3) is 0.500. The number of aliphatic hydroxyl groups excluding tert-OH is 1. The van der Waals surface area contributed by atoms with Crippen molar-refractivity contribution in [3.63, 3.8) is 0 Å². The number of amides is 1. The lowest BCUT2D eigenvalue weighted by molar-refractivity contribution is -0.122. The van der Waals surface area contributed by atoms with Crippen molar-refractivity contribution in [2.24, 2.45) is 0 Å². The van der Waals surface area contributed by atoms with Crippen molar-refractivity contribution < 1.29 is 9.90 Å². The van der Waals surface area contributed by atoms with Gasteiger partial charge < -0.3 is 10.4 Å². The molecule has 1 aromatic carbocycles. The smallest absolute Gasteiger partial charge is 0.220 e. The number of rotatable bonds is 6. The molecule has 2 unspecified atom stereocenters. The molecule has 4 heteroatoms. The van der Waals surface area contributed by atoms with Gasteiger partial charge in [-0.05, 0) is 44.4 Å². The maximum atomic E-state index is 11.6. The number of hydrogen-bond donors (Lipinski definition) is 2. The SMILES string of the molecule is CC(O)CCC(=O)NC(C)Cc1cccc(Cl)c1. The fourth-order valence-corrected chi connectivity index (χ4v) is 1.97. The van der Waals surface area contributed by atoms with Crippen molar-refractivity contribution in [2.45, 2.75) is 45.3 Å². The van der Waals surface area contributed by atoms with Gasteiger partial charge >= 0.3 is 0 Å². The van der Waals surface area contributed by atoms with Gasteiger partial charge in [0.25, 0.3) is 0 Å². The highest BCUT2D eigenvalue weighted by atomic mass is 35.5. The summed E-state index contributed by atoms with van der Waals surface area (Å²) in [4.78, 5) is 11.6. The summed E-state index contributed by atoms with van der Waals surface area (Å²) in [6.07, 6.45) is 1.17. The molecule has 0 aliphatic carbocycles. The maximum absolute atomic E-state index is 11.6. The molecule has 1 rings (SSSR count). The van der Waals surface area contributed by atoms with Crippen molar-refractivity contribution in [2.75, 3.05) is 0 Å². The van der Waals surface area contributed by atoms with E-state index in [1.54, 1.807) is 6.92 Å². The lowest BCUT2D eigenvalue weighted by Gasteiger charge is -2.14. The summed E-state index contributed by atoms with van der Waals surface area (Å²) >= 11 is 5.90. The normalized spacial score (nSPS) is 14.0. The van der Waals surface area contributed by atoms with Crippen LogP contribution < -0.4 is 5.32 Å². The zero-order valence-corrected chi connectivity index (χ0v) is 11.6. The summed E-state index contributed by atoms with van der Waals surface area (Å²) in [5.74, 6) is -0.0228. The van der Waals surface area contributed by atoms with Gasteiger partial charge in [-0.25, -0.2) is 0 Å². The highest BCUT2D eigenvalue weighted by Crippen LogP contribution is 2.12. The first-order valence-corrected chi connectivity index (χ1v) is 6.57. The number of nitrogens with one attached hydrogen (secondary N) is 1. The minimum absolute atomic E-state index is 0.0228. The van der Waals surface area contributed by atoms with Crippen LogP contribution in [-0.4, -0.2) is 23.2 Å². The second-order valence-corrected chi connectivity index (χ2v) is 5.13. The third-order valence-corrected chi connectivity index (χ3v) is 2.86. The quantitative estimate of drug-likeness (QED) is 0.834. The number of carbonyl (C=O) groups is 1. The maximum Gasteiger partial charge on any atom is 0.220 e. The van der Waals surface area contributed by atoms with E-state index < -0.39 is 6.10 Å². The molecule has 1 amide bonds. The van der Waals surface area contributed by atoms with Gasteiger partial charge in [-0.2, -0.15) is 0 Å². The molecule has 0 aliphatic rings. The Labute approximate surface area is 113 Å². The molecule has 0 radical (unpaired) electrons. The second-order valence-electron chi connectivity index (χ2n) is 4.69. The zero-order chi connectivity index (χ0) is 13.5. The third-order valence-electron chi connectivity index (χ3n) is 2.63. The predicted molar refractivity (Wildman–Crippen MR) is 73.7 cm³/mol. The second kappa shape index (κ2) is 7.39. The van der Waals surface area contributed by atoms with Crippen LogP contribution in [0.15, 0.2) is 24.3 Å². The van der Waals surface area contributed by atoms with E-state index in [4.69, 9.17) is 16.7 Å². The Hall–Kier alpha value is -1.06. The van der Waals surface area contributed by atoms with Crippen LogP contribution in [0.1, 0.15) is 32.3 Å². The molecule has 18 heavy (non-hydrogen) atoms. The van der Waals surface area contributed by atoms with Gasteiger partial charge in [0.15, 0.2) is 0 Å². The minimum atomic E-state index is -0.431. The van der Waals surface area contributed by atoms with Gasteiger partial charge in [0.1, 0.15) is 0 Å². The van der Waals surface area contributed by atoms with E-state index in [9.17, 15) is 4.79 Å². The van der Waals surface area contributed by atoms with Crippen LogP contribution in [0.5, 0.6) is 0 Å². The molecule has 1 aromatic rings. The van der Waals surface area contributed by atoms with Crippen LogP contribution in [0.3, 0.4) is 0 Å². The summed E-state index contributed by atoms with van der Waals surface area (Å²) in [5, 5.41) is 12.7. The first-order chi connectivity index (χ1) is 8.47. The van der Waals surface area contributed by atoms with E-state index in [0.29, 0.717) is 17.9 Å². The van der Waals surface area contributed by atoms with Gasteiger partial charge in [-0.3, -0.25) is 4.79 Å². The Morgan fingerprint density at radius 3 is 2.78 bits per heavy atom. The minimum Gasteiger partial charge on any atom is -0.393 e. The Kier molecular flexibility index (Phi) is 6.16. The third kappa shape index (κ3) is 6.03. The van der Waals surface area contributed by atoms with Crippen LogP contribution in [0.25, 0.3) is 0 Å². The first-order valence-electron chi connectivity index (χ1n) is 6.19. The van der Waals surface area contributed by atoms with Crippen molar-refractivity contribution in [3.05, 3.63) is 34.9 Å². The van der Waals surface area contributed by atoms with Crippen molar-refractivity contribution in [1.82, 2.24) is 5.32 Å². The van der Waals surface area contributed by atoms with E-state index >= 15 is 0 Å². The molecule has 100 valence electrons. The van der Waals surface area contributed by atoms with E-state index in [1.165, 1.54) is 0 Å².